The molecule has 58 valence electrons. The van der Waals surface area contributed by atoms with E-state index in [1.54, 1.807) is 0 Å². The van der Waals surface area contributed by atoms with Crippen molar-refractivity contribution >= 4 is 17.6 Å². The second-order valence-corrected chi connectivity index (χ2v) is 2.33. The molecular weight excluding hydrogens is 152 g/mol. The number of rotatable bonds is 4. The smallest absolute Gasteiger partial charge is 0.320 e. The van der Waals surface area contributed by atoms with E-state index in [1.807, 2.05) is 6.92 Å². The molecule has 10 heavy (non-hydrogen) atoms. The van der Waals surface area contributed by atoms with Crippen LogP contribution in [0.2, 0.25) is 0 Å². The first-order valence-electron chi connectivity index (χ1n) is 3.02. The van der Waals surface area contributed by atoms with Crippen LogP contribution in [-0.4, -0.2) is 18.5 Å². The van der Waals surface area contributed by atoms with E-state index < -0.39 is 0 Å². The molecule has 0 N–H and O–H groups in total. The summed E-state index contributed by atoms with van der Waals surface area (Å²) in [6.07, 6.45) is 0.711. The van der Waals surface area contributed by atoms with Gasteiger partial charge in [-0.2, -0.15) is 0 Å². The lowest BCUT2D eigenvalue weighted by Gasteiger charge is -2.00. The summed E-state index contributed by atoms with van der Waals surface area (Å²) < 4.78 is 4.67. The van der Waals surface area contributed by atoms with Gasteiger partial charge in [0.2, 0.25) is 0 Å². The highest BCUT2D eigenvalue weighted by molar-refractivity contribution is 6.26. The van der Waals surface area contributed by atoms with Crippen LogP contribution in [0.4, 0.5) is 0 Å². The maximum absolute atomic E-state index is 10.4. The van der Waals surface area contributed by atoms with Crippen LogP contribution in [0.15, 0.2) is 12.2 Å². The van der Waals surface area contributed by atoms with Crippen molar-refractivity contribution in [2.45, 2.75) is 13.3 Å². The first kappa shape index (κ1) is 9.50. The van der Waals surface area contributed by atoms with Gasteiger partial charge in [0.25, 0.3) is 0 Å². The quantitative estimate of drug-likeness (QED) is 0.358. The minimum atomic E-state index is -0.372. The molecule has 0 amide bonds. The zero-order valence-electron chi connectivity index (χ0n) is 6.02. The van der Waals surface area contributed by atoms with Crippen molar-refractivity contribution in [3.05, 3.63) is 12.2 Å². The second-order valence-electron chi connectivity index (χ2n) is 2.06. The summed E-state index contributed by atoms with van der Waals surface area (Å²) in [6.45, 7) is 5.93. The number of halogens is 1. The molecule has 0 aromatic heterocycles. The predicted octanol–water partition coefficient (Wildman–Crippen LogP) is 1.73. The topological polar surface area (TPSA) is 26.3 Å². The Labute approximate surface area is 65.8 Å². The Morgan fingerprint density at radius 1 is 1.70 bits per heavy atom. The molecule has 2 nitrogen and oxygen atoms in total. The van der Waals surface area contributed by atoms with Crippen molar-refractivity contribution in [1.29, 1.82) is 0 Å². The van der Waals surface area contributed by atoms with Crippen molar-refractivity contribution in [2.24, 2.45) is 0 Å². The molecule has 0 saturated heterocycles. The molecule has 0 aromatic carbocycles. The van der Waals surface area contributed by atoms with Gasteiger partial charge >= 0.3 is 5.97 Å². The van der Waals surface area contributed by atoms with E-state index in [1.165, 1.54) is 0 Å². The second kappa shape index (κ2) is 5.30. The average Bonchev–Trinajstić information content (AvgIpc) is 1.87. The molecule has 0 aliphatic rings. The Morgan fingerprint density at radius 3 is 2.70 bits per heavy atom. The molecule has 0 saturated carbocycles. The minimum Gasteiger partial charge on any atom is -0.464 e. The first-order chi connectivity index (χ1) is 4.66. The first-order valence-corrected chi connectivity index (χ1v) is 3.56. The fourth-order valence-electron chi connectivity index (χ4n) is 0.378. The highest BCUT2D eigenvalue weighted by Crippen LogP contribution is 1.95. The lowest BCUT2D eigenvalue weighted by Crippen LogP contribution is -2.06. The summed E-state index contributed by atoms with van der Waals surface area (Å²) in [5.41, 5.74) is 1.00. The zero-order chi connectivity index (χ0) is 7.98. The maximum atomic E-state index is 10.4. The molecule has 3 heteroatoms. The molecular formula is C7H11ClO2. The summed E-state index contributed by atoms with van der Waals surface area (Å²) >= 11 is 5.17. The standard InChI is InChI=1S/C7H11ClO2/c1-6(2)3-4-10-7(9)5-8/h1,3-5H2,2H3. The van der Waals surface area contributed by atoms with Gasteiger partial charge in [0, 0.05) is 6.42 Å². The van der Waals surface area contributed by atoms with Crippen LogP contribution in [0.25, 0.3) is 0 Å². The van der Waals surface area contributed by atoms with Crippen LogP contribution in [-0.2, 0) is 9.53 Å². The third kappa shape index (κ3) is 5.63. The molecule has 0 aromatic rings. The molecule has 0 radical (unpaired) electrons. The van der Waals surface area contributed by atoms with Crippen molar-refractivity contribution in [2.75, 3.05) is 12.5 Å². The van der Waals surface area contributed by atoms with Crippen molar-refractivity contribution < 1.29 is 9.53 Å². The highest BCUT2D eigenvalue weighted by Gasteiger charge is 1.97. The molecule has 0 aliphatic heterocycles. The van der Waals surface area contributed by atoms with Gasteiger partial charge in [0.15, 0.2) is 0 Å². The fourth-order valence-corrected chi connectivity index (χ4v) is 0.455. The number of esters is 1. The summed E-state index contributed by atoms with van der Waals surface area (Å²) in [4.78, 5) is 10.4. The molecule has 0 spiro atoms. The molecule has 0 unspecified atom stereocenters. The Balaban J connectivity index is 3.20. The van der Waals surface area contributed by atoms with Crippen LogP contribution in [0.1, 0.15) is 13.3 Å². The van der Waals surface area contributed by atoms with E-state index in [2.05, 4.69) is 11.3 Å². The number of hydrogen-bond donors (Lipinski definition) is 0. The van der Waals surface area contributed by atoms with Gasteiger partial charge in [-0.1, -0.05) is 5.57 Å². The summed E-state index contributed by atoms with van der Waals surface area (Å²) in [5, 5.41) is 0. The van der Waals surface area contributed by atoms with Crippen LogP contribution < -0.4 is 0 Å². The molecule has 0 bridgehead atoms. The number of hydrogen-bond acceptors (Lipinski definition) is 2. The third-order valence-corrected chi connectivity index (χ3v) is 1.12. The molecule has 0 fully saturated rings. The van der Waals surface area contributed by atoms with Gasteiger partial charge in [-0.25, -0.2) is 0 Å². The lowest BCUT2D eigenvalue weighted by molar-refractivity contribution is -0.140. The zero-order valence-corrected chi connectivity index (χ0v) is 6.78. The van der Waals surface area contributed by atoms with E-state index in [4.69, 9.17) is 11.6 Å². The van der Waals surface area contributed by atoms with Crippen LogP contribution in [0.5, 0.6) is 0 Å². The number of ether oxygens (including phenoxy) is 1. The number of carbonyl (C=O) groups excluding carboxylic acids is 1. The van der Waals surface area contributed by atoms with E-state index in [-0.39, 0.29) is 11.8 Å². The third-order valence-electron chi connectivity index (χ3n) is 0.901. The van der Waals surface area contributed by atoms with Crippen molar-refractivity contribution in [1.82, 2.24) is 0 Å². The summed E-state index contributed by atoms with van der Waals surface area (Å²) in [5.74, 6) is -0.446. The maximum Gasteiger partial charge on any atom is 0.320 e. The largest absolute Gasteiger partial charge is 0.464 e. The van der Waals surface area contributed by atoms with Crippen LogP contribution in [0.3, 0.4) is 0 Å². The van der Waals surface area contributed by atoms with Gasteiger partial charge in [0.1, 0.15) is 5.88 Å². The minimum absolute atomic E-state index is 0.0732. The fraction of sp³-hybridized carbons (Fsp3) is 0.571. The lowest BCUT2D eigenvalue weighted by atomic mass is 10.3. The van der Waals surface area contributed by atoms with E-state index >= 15 is 0 Å². The van der Waals surface area contributed by atoms with Crippen molar-refractivity contribution in [3.63, 3.8) is 0 Å². The summed E-state index contributed by atoms with van der Waals surface area (Å²) in [7, 11) is 0. The molecule has 0 heterocycles. The summed E-state index contributed by atoms with van der Waals surface area (Å²) in [6, 6.07) is 0. The average molecular weight is 163 g/mol. The Bertz CT molecular complexity index is 132. The van der Waals surface area contributed by atoms with Gasteiger partial charge in [-0.05, 0) is 6.92 Å². The SMILES string of the molecule is C=C(C)CCOC(=O)CCl. The van der Waals surface area contributed by atoms with Gasteiger partial charge < -0.3 is 4.74 Å². The van der Waals surface area contributed by atoms with Gasteiger partial charge in [-0.15, -0.1) is 18.2 Å². The number of alkyl halides is 1. The Kier molecular flexibility index (Phi) is 5.03. The normalized spacial score (nSPS) is 9.00. The van der Waals surface area contributed by atoms with Crippen molar-refractivity contribution in [3.8, 4) is 0 Å². The van der Waals surface area contributed by atoms with Crippen LogP contribution >= 0.6 is 11.6 Å². The van der Waals surface area contributed by atoms with Gasteiger partial charge in [0.05, 0.1) is 6.61 Å². The highest BCUT2D eigenvalue weighted by atomic mass is 35.5. The van der Waals surface area contributed by atoms with E-state index in [0.717, 1.165) is 5.57 Å². The number of carbonyl (C=O) groups is 1. The van der Waals surface area contributed by atoms with Crippen LogP contribution in [0, 0.1) is 0 Å². The molecule has 0 aliphatic carbocycles. The van der Waals surface area contributed by atoms with E-state index in [0.29, 0.717) is 13.0 Å². The monoisotopic (exact) mass is 162 g/mol. The Hall–Kier alpha value is -0.500. The molecule has 0 atom stereocenters. The van der Waals surface area contributed by atoms with E-state index in [9.17, 15) is 4.79 Å². The predicted molar refractivity (Wildman–Crippen MR) is 41.1 cm³/mol. The van der Waals surface area contributed by atoms with Gasteiger partial charge in [-0.3, -0.25) is 4.79 Å². The molecule has 0 rings (SSSR count). The Morgan fingerprint density at radius 2 is 2.30 bits per heavy atom.